The van der Waals surface area contributed by atoms with Crippen LogP contribution in [-0.2, 0) is 24.0 Å². The van der Waals surface area contributed by atoms with Crippen molar-refractivity contribution in [3.8, 4) is 17.2 Å². The Balaban J connectivity index is 0.00000315. The lowest BCUT2D eigenvalue weighted by Crippen LogP contribution is -2.51. The largest absolute Gasteiger partial charge is 0.507 e. The van der Waals surface area contributed by atoms with Gasteiger partial charge < -0.3 is 47.8 Å². The molecule has 16 nitrogen and oxygen atoms in total. The summed E-state index contributed by atoms with van der Waals surface area (Å²) in [5.74, 6) is -6.54. The highest BCUT2D eigenvalue weighted by atomic mass is 16.3. The van der Waals surface area contributed by atoms with E-state index in [0.29, 0.717) is 24.8 Å². The van der Waals surface area contributed by atoms with E-state index in [1.54, 1.807) is 13.8 Å². The summed E-state index contributed by atoms with van der Waals surface area (Å²) in [6, 6.07) is 4.17. The third kappa shape index (κ3) is 19.1. The highest BCUT2D eigenvalue weighted by molar-refractivity contribution is 6.19. The minimum atomic E-state index is -1.39. The number of carbonyl (C=O) groups is 7. The summed E-state index contributed by atoms with van der Waals surface area (Å²) < 4.78 is 0. The van der Waals surface area contributed by atoms with Gasteiger partial charge in [-0.15, -0.1) is 0 Å². The molecule has 2 rings (SSSR count). The van der Waals surface area contributed by atoms with Crippen LogP contribution in [0.25, 0.3) is 0 Å². The van der Waals surface area contributed by atoms with Crippen LogP contribution in [0.15, 0.2) is 30.3 Å². The highest BCUT2D eigenvalue weighted by Crippen LogP contribution is 2.34. The molecule has 322 valence electrons. The Kier molecular flexibility index (Phi) is 23.0. The van der Waals surface area contributed by atoms with Crippen molar-refractivity contribution >= 4 is 41.1 Å². The van der Waals surface area contributed by atoms with Gasteiger partial charge in [0.05, 0.1) is 31.1 Å². The molecule has 3 atom stereocenters. The van der Waals surface area contributed by atoms with Gasteiger partial charge in [0.1, 0.15) is 28.9 Å². The standard InChI is InChI=1S/C39H56N4O10.C3H7NO/c1-5-6-7-8-9-10-11-13-26(44)20-34(50)43-28(21-33(40)49)39(53)41-22-35(51)42-25(16-23(2)3)19-31(47)27-17-24(4)18-32(48)36(27)38(52)37-29(45)14-12-15-30(37)46;1-2-3(4)5/h12,14-15,17-18,23,25-26,28,44-46,48H,5-11,13,16,19-22H2,1-4H3,(H2,40,49)(H,41,53)(H,42,51)(H,43,50);2H2,1H3,(H2,4,5). The van der Waals surface area contributed by atoms with Crippen molar-refractivity contribution in [3.05, 3.63) is 52.6 Å². The van der Waals surface area contributed by atoms with Crippen molar-refractivity contribution in [2.75, 3.05) is 6.54 Å². The van der Waals surface area contributed by atoms with E-state index in [4.69, 9.17) is 5.73 Å². The first-order valence-electron chi connectivity index (χ1n) is 19.8. The maximum Gasteiger partial charge on any atom is 0.243 e. The fourth-order valence-electron chi connectivity index (χ4n) is 6.09. The molecule has 2 aromatic rings. The smallest absolute Gasteiger partial charge is 0.243 e. The van der Waals surface area contributed by atoms with E-state index in [1.165, 1.54) is 43.2 Å². The monoisotopic (exact) mass is 813 g/mol. The van der Waals surface area contributed by atoms with Gasteiger partial charge in [-0.2, -0.15) is 0 Å². The lowest BCUT2D eigenvalue weighted by atomic mass is 9.89. The number of aryl methyl sites for hydroxylation is 1. The van der Waals surface area contributed by atoms with Crippen LogP contribution in [0.3, 0.4) is 0 Å². The number of rotatable bonds is 25. The zero-order valence-electron chi connectivity index (χ0n) is 34.4. The Hall–Kier alpha value is -5.51. The van der Waals surface area contributed by atoms with Gasteiger partial charge in [-0.1, -0.05) is 78.7 Å². The second-order valence-electron chi connectivity index (χ2n) is 14.8. The molecule has 0 spiro atoms. The van der Waals surface area contributed by atoms with Gasteiger partial charge in [0.2, 0.25) is 35.3 Å². The number of aliphatic hydroxyl groups is 1. The van der Waals surface area contributed by atoms with Gasteiger partial charge in [0.25, 0.3) is 0 Å². The minimum Gasteiger partial charge on any atom is -0.507 e. The number of aliphatic hydroxyl groups excluding tert-OH is 1. The van der Waals surface area contributed by atoms with Crippen LogP contribution in [0, 0.1) is 12.8 Å². The number of ketones is 2. The number of nitrogens with two attached hydrogens (primary N) is 2. The van der Waals surface area contributed by atoms with Crippen molar-refractivity contribution in [2.24, 2.45) is 17.4 Å². The third-order valence-corrected chi connectivity index (χ3v) is 8.98. The minimum absolute atomic E-state index is 0.00998. The summed E-state index contributed by atoms with van der Waals surface area (Å²) in [4.78, 5) is 87.0. The zero-order valence-corrected chi connectivity index (χ0v) is 34.4. The summed E-state index contributed by atoms with van der Waals surface area (Å²) in [7, 11) is 0. The first kappa shape index (κ1) is 50.5. The molecule has 0 saturated heterocycles. The van der Waals surface area contributed by atoms with Crippen molar-refractivity contribution in [3.63, 3.8) is 0 Å². The fourth-order valence-corrected chi connectivity index (χ4v) is 6.09. The van der Waals surface area contributed by atoms with Crippen molar-refractivity contribution < 1.29 is 54.0 Å². The van der Waals surface area contributed by atoms with Crippen molar-refractivity contribution in [1.82, 2.24) is 16.0 Å². The molecule has 5 amide bonds. The summed E-state index contributed by atoms with van der Waals surface area (Å²) >= 11 is 0. The number of Topliss-reactive ketones (excluding diaryl/α,β-unsaturated/α-hetero) is 1. The number of carbonyl (C=O) groups excluding carboxylic acids is 7. The van der Waals surface area contributed by atoms with E-state index < -0.39 is 94.7 Å². The molecule has 0 radical (unpaired) electrons. The van der Waals surface area contributed by atoms with Crippen LogP contribution in [0.1, 0.15) is 143 Å². The Bertz CT molecular complexity index is 1690. The second kappa shape index (κ2) is 26.4. The summed E-state index contributed by atoms with van der Waals surface area (Å²) in [6.45, 7) is 8.63. The number of hydrogen-bond donors (Lipinski definition) is 9. The topological polar surface area (TPSA) is 289 Å². The molecule has 11 N–H and O–H groups in total. The summed E-state index contributed by atoms with van der Waals surface area (Å²) in [6.07, 6.45) is 6.50. The average Bonchev–Trinajstić information content (AvgIpc) is 3.12. The molecule has 0 aromatic heterocycles. The van der Waals surface area contributed by atoms with Gasteiger partial charge in [0.15, 0.2) is 5.78 Å². The van der Waals surface area contributed by atoms with E-state index in [0.717, 1.165) is 32.1 Å². The zero-order chi connectivity index (χ0) is 43.9. The SMILES string of the molecule is CCC(N)=O.CCCCCCCCCC(O)CC(=O)NC(CC(N)=O)C(=O)NCC(=O)NC(CC(=O)c1cc(C)cc(O)c1C(=O)c1c(O)cccc1O)CC(C)C. The van der Waals surface area contributed by atoms with Crippen LogP contribution in [0.4, 0.5) is 0 Å². The molecule has 3 unspecified atom stereocenters. The third-order valence-electron chi connectivity index (χ3n) is 8.98. The predicted molar refractivity (Wildman–Crippen MR) is 218 cm³/mol. The average molecular weight is 814 g/mol. The van der Waals surface area contributed by atoms with E-state index >= 15 is 0 Å². The number of aromatic hydroxyl groups is 3. The van der Waals surface area contributed by atoms with Crippen LogP contribution in [-0.4, -0.2) is 86.3 Å². The highest BCUT2D eigenvalue weighted by Gasteiger charge is 2.29. The Morgan fingerprint density at radius 3 is 1.86 bits per heavy atom. The number of phenols is 3. The number of nitrogens with one attached hydrogen (secondary N) is 3. The van der Waals surface area contributed by atoms with Gasteiger partial charge in [-0.25, -0.2) is 0 Å². The molecule has 0 aliphatic carbocycles. The molecule has 0 heterocycles. The lowest BCUT2D eigenvalue weighted by Gasteiger charge is -2.22. The van der Waals surface area contributed by atoms with E-state index in [-0.39, 0.29) is 30.2 Å². The van der Waals surface area contributed by atoms with Gasteiger partial charge >= 0.3 is 0 Å². The normalized spacial score (nSPS) is 12.3. The summed E-state index contributed by atoms with van der Waals surface area (Å²) in [5, 5.41) is 49.1. The second-order valence-corrected chi connectivity index (χ2v) is 14.8. The molecular formula is C42H63N5O11. The van der Waals surface area contributed by atoms with Crippen molar-refractivity contribution in [2.45, 2.75) is 136 Å². The number of primary amides is 2. The van der Waals surface area contributed by atoms with E-state index in [2.05, 4.69) is 28.6 Å². The summed E-state index contributed by atoms with van der Waals surface area (Å²) in [5.41, 5.74) is 9.31. The quantitative estimate of drug-likeness (QED) is 0.0515. The molecule has 16 heteroatoms. The van der Waals surface area contributed by atoms with Crippen LogP contribution in [0.5, 0.6) is 17.2 Å². The maximum atomic E-state index is 13.7. The number of benzene rings is 2. The van der Waals surface area contributed by atoms with E-state index in [1.807, 2.05) is 13.8 Å². The fraction of sp³-hybridized carbons (Fsp3) is 0.548. The Labute approximate surface area is 340 Å². The molecule has 0 fully saturated rings. The number of hydrogen-bond acceptors (Lipinski definition) is 11. The molecule has 0 saturated carbocycles. The Morgan fingerprint density at radius 1 is 0.724 bits per heavy atom. The van der Waals surface area contributed by atoms with Gasteiger partial charge in [0, 0.05) is 24.4 Å². The lowest BCUT2D eigenvalue weighted by molar-refractivity contribution is -0.132. The van der Waals surface area contributed by atoms with Crippen LogP contribution < -0.4 is 27.4 Å². The molecule has 0 aliphatic rings. The molecule has 58 heavy (non-hydrogen) atoms. The van der Waals surface area contributed by atoms with Gasteiger partial charge in [-0.3, -0.25) is 33.6 Å². The van der Waals surface area contributed by atoms with Crippen LogP contribution >= 0.6 is 0 Å². The number of unbranched alkanes of at least 4 members (excludes halogenated alkanes) is 6. The maximum absolute atomic E-state index is 13.7. The van der Waals surface area contributed by atoms with Gasteiger partial charge in [-0.05, 0) is 55.5 Å². The first-order chi connectivity index (χ1) is 27.3. The molecule has 2 aromatic carbocycles. The molecule has 0 bridgehead atoms. The Morgan fingerprint density at radius 2 is 1.31 bits per heavy atom. The number of phenolic OH excluding ortho intramolecular Hbond substituents is 3. The first-order valence-corrected chi connectivity index (χ1v) is 19.8. The van der Waals surface area contributed by atoms with Crippen molar-refractivity contribution in [1.29, 1.82) is 0 Å². The van der Waals surface area contributed by atoms with E-state index in [9.17, 15) is 54.0 Å². The van der Waals surface area contributed by atoms with Crippen LogP contribution in [0.2, 0.25) is 0 Å². The predicted octanol–water partition coefficient (Wildman–Crippen LogP) is 3.70. The number of amides is 5. The molecular weight excluding hydrogens is 750 g/mol. The molecule has 0 aliphatic heterocycles.